The van der Waals surface area contributed by atoms with Crippen LogP contribution in [0.3, 0.4) is 0 Å². The van der Waals surface area contributed by atoms with Gasteiger partial charge in [-0.25, -0.2) is 4.39 Å². The molecule has 1 amide bonds. The van der Waals surface area contributed by atoms with E-state index in [-0.39, 0.29) is 11.7 Å². The fraction of sp³-hybridized carbons (Fsp3) is 0.100. The zero-order valence-electron chi connectivity index (χ0n) is 13.9. The van der Waals surface area contributed by atoms with Gasteiger partial charge in [-0.05, 0) is 48.4 Å². The third kappa shape index (κ3) is 4.80. The molecule has 26 heavy (non-hydrogen) atoms. The van der Waals surface area contributed by atoms with Crippen LogP contribution in [-0.2, 0) is 6.42 Å². The van der Waals surface area contributed by atoms with E-state index in [0.29, 0.717) is 34.8 Å². The van der Waals surface area contributed by atoms with Gasteiger partial charge in [0, 0.05) is 23.5 Å². The molecule has 3 rings (SSSR count). The predicted octanol–water partition coefficient (Wildman–Crippen LogP) is 4.59. The molecule has 0 unspecified atom stereocenters. The molecule has 0 spiro atoms. The van der Waals surface area contributed by atoms with Crippen molar-refractivity contribution in [1.29, 1.82) is 0 Å². The quantitative estimate of drug-likeness (QED) is 0.668. The van der Waals surface area contributed by atoms with Crippen LogP contribution >= 0.6 is 11.6 Å². The highest BCUT2D eigenvalue weighted by Gasteiger charge is 2.08. The Labute approximate surface area is 156 Å². The fourth-order valence-corrected chi connectivity index (χ4v) is 2.57. The SMILES string of the molecule is O=C(NCCc1ccccc1F)c1cncc(Nc2ccc(Cl)cc2)c1. The number of carbonyl (C=O) groups is 1. The van der Waals surface area contributed by atoms with E-state index in [0.717, 1.165) is 5.69 Å². The lowest BCUT2D eigenvalue weighted by molar-refractivity contribution is 0.0953. The van der Waals surface area contributed by atoms with Crippen molar-refractivity contribution in [3.63, 3.8) is 0 Å². The topological polar surface area (TPSA) is 54.0 Å². The van der Waals surface area contributed by atoms with E-state index in [1.807, 2.05) is 12.1 Å². The zero-order valence-corrected chi connectivity index (χ0v) is 14.6. The maximum Gasteiger partial charge on any atom is 0.252 e. The minimum Gasteiger partial charge on any atom is -0.354 e. The van der Waals surface area contributed by atoms with Crippen molar-refractivity contribution in [1.82, 2.24) is 10.3 Å². The van der Waals surface area contributed by atoms with Gasteiger partial charge in [-0.3, -0.25) is 9.78 Å². The first kappa shape index (κ1) is 17.9. The summed E-state index contributed by atoms with van der Waals surface area (Å²) in [5.74, 6) is -0.522. The Balaban J connectivity index is 1.59. The van der Waals surface area contributed by atoms with E-state index in [1.165, 1.54) is 12.3 Å². The minimum atomic E-state index is -0.266. The molecular formula is C20H17ClFN3O. The summed E-state index contributed by atoms with van der Waals surface area (Å²) in [6.07, 6.45) is 3.55. The molecule has 2 aromatic carbocycles. The smallest absolute Gasteiger partial charge is 0.252 e. The van der Waals surface area contributed by atoms with Crippen molar-refractivity contribution in [2.75, 3.05) is 11.9 Å². The van der Waals surface area contributed by atoms with E-state index in [9.17, 15) is 9.18 Å². The Bertz CT molecular complexity index is 900. The number of aromatic nitrogens is 1. The molecular weight excluding hydrogens is 353 g/mol. The number of rotatable bonds is 6. The maximum absolute atomic E-state index is 13.6. The van der Waals surface area contributed by atoms with Gasteiger partial charge in [0.2, 0.25) is 0 Å². The summed E-state index contributed by atoms with van der Waals surface area (Å²) in [7, 11) is 0. The first-order valence-electron chi connectivity index (χ1n) is 8.11. The van der Waals surface area contributed by atoms with Crippen molar-refractivity contribution in [3.05, 3.63) is 89.0 Å². The predicted molar refractivity (Wildman–Crippen MR) is 101 cm³/mol. The molecule has 0 fully saturated rings. The van der Waals surface area contributed by atoms with Crippen molar-refractivity contribution in [2.45, 2.75) is 6.42 Å². The summed E-state index contributed by atoms with van der Waals surface area (Å²) in [6, 6.07) is 15.5. The van der Waals surface area contributed by atoms with Crippen LogP contribution in [0.5, 0.6) is 0 Å². The average molecular weight is 370 g/mol. The number of pyridine rings is 1. The standard InChI is InChI=1S/C20H17ClFN3O/c21-16-5-7-17(8-6-16)25-18-11-15(12-23-13-18)20(26)24-10-9-14-3-1-2-4-19(14)22/h1-8,11-13,25H,9-10H2,(H,24,26). The number of hydrogen-bond acceptors (Lipinski definition) is 3. The largest absolute Gasteiger partial charge is 0.354 e. The highest BCUT2D eigenvalue weighted by molar-refractivity contribution is 6.30. The summed E-state index contributed by atoms with van der Waals surface area (Å²) in [4.78, 5) is 16.4. The van der Waals surface area contributed by atoms with E-state index in [1.54, 1.807) is 42.6 Å². The second-order valence-electron chi connectivity index (χ2n) is 5.69. The average Bonchev–Trinajstić information content (AvgIpc) is 2.65. The van der Waals surface area contributed by atoms with Crippen molar-refractivity contribution < 1.29 is 9.18 Å². The van der Waals surface area contributed by atoms with Gasteiger partial charge in [0.1, 0.15) is 5.82 Å². The summed E-state index contributed by atoms with van der Waals surface area (Å²) >= 11 is 5.87. The normalized spacial score (nSPS) is 10.4. The lowest BCUT2D eigenvalue weighted by atomic mass is 10.1. The third-order valence-electron chi connectivity index (χ3n) is 3.77. The van der Waals surface area contributed by atoms with Gasteiger partial charge in [-0.15, -0.1) is 0 Å². The minimum absolute atomic E-state index is 0.256. The van der Waals surface area contributed by atoms with E-state index in [2.05, 4.69) is 15.6 Å². The summed E-state index contributed by atoms with van der Waals surface area (Å²) in [5.41, 5.74) is 2.53. The van der Waals surface area contributed by atoms with Crippen LogP contribution in [0.1, 0.15) is 15.9 Å². The molecule has 132 valence electrons. The number of nitrogens with one attached hydrogen (secondary N) is 2. The molecule has 0 saturated heterocycles. The van der Waals surface area contributed by atoms with Gasteiger partial charge in [0.25, 0.3) is 5.91 Å². The zero-order chi connectivity index (χ0) is 18.4. The maximum atomic E-state index is 13.6. The summed E-state index contributed by atoms with van der Waals surface area (Å²) < 4.78 is 13.6. The summed E-state index contributed by atoms with van der Waals surface area (Å²) in [6.45, 7) is 0.342. The molecule has 0 aliphatic carbocycles. The van der Waals surface area contributed by atoms with Crippen LogP contribution in [0.4, 0.5) is 15.8 Å². The van der Waals surface area contributed by atoms with Gasteiger partial charge in [-0.2, -0.15) is 0 Å². The molecule has 0 aliphatic heterocycles. The number of anilines is 2. The van der Waals surface area contributed by atoms with Gasteiger partial charge < -0.3 is 10.6 Å². The molecule has 2 N–H and O–H groups in total. The van der Waals surface area contributed by atoms with E-state index >= 15 is 0 Å². The van der Waals surface area contributed by atoms with Gasteiger partial charge in [0.15, 0.2) is 0 Å². The van der Waals surface area contributed by atoms with Crippen LogP contribution in [0.25, 0.3) is 0 Å². The van der Waals surface area contributed by atoms with Crippen molar-refractivity contribution >= 4 is 28.9 Å². The number of amides is 1. The van der Waals surface area contributed by atoms with Gasteiger partial charge >= 0.3 is 0 Å². The van der Waals surface area contributed by atoms with Crippen molar-refractivity contribution in [2.24, 2.45) is 0 Å². The second-order valence-corrected chi connectivity index (χ2v) is 6.13. The molecule has 1 heterocycles. The molecule has 6 heteroatoms. The Morgan fingerprint density at radius 1 is 1.04 bits per heavy atom. The molecule has 0 saturated carbocycles. The molecule has 0 bridgehead atoms. The molecule has 1 aromatic heterocycles. The lowest BCUT2D eigenvalue weighted by Gasteiger charge is -2.09. The Morgan fingerprint density at radius 3 is 2.58 bits per heavy atom. The first-order valence-corrected chi connectivity index (χ1v) is 8.49. The second kappa shape index (κ2) is 8.45. The number of hydrogen-bond donors (Lipinski definition) is 2. The van der Waals surface area contributed by atoms with Crippen LogP contribution in [0.2, 0.25) is 5.02 Å². The van der Waals surface area contributed by atoms with Crippen LogP contribution in [0.15, 0.2) is 67.0 Å². The van der Waals surface area contributed by atoms with Crippen LogP contribution in [-0.4, -0.2) is 17.4 Å². The Kier molecular flexibility index (Phi) is 5.81. The highest BCUT2D eigenvalue weighted by atomic mass is 35.5. The number of benzene rings is 2. The van der Waals surface area contributed by atoms with E-state index in [4.69, 9.17) is 11.6 Å². The molecule has 3 aromatic rings. The Hall–Kier alpha value is -2.92. The fourth-order valence-electron chi connectivity index (χ4n) is 2.45. The number of nitrogens with zero attached hydrogens (tertiary/aromatic N) is 1. The van der Waals surface area contributed by atoms with Gasteiger partial charge in [-0.1, -0.05) is 29.8 Å². The third-order valence-corrected chi connectivity index (χ3v) is 4.02. The summed E-state index contributed by atoms with van der Waals surface area (Å²) in [5, 5.41) is 6.60. The molecule has 0 aliphatic rings. The lowest BCUT2D eigenvalue weighted by Crippen LogP contribution is -2.26. The number of halogens is 2. The monoisotopic (exact) mass is 369 g/mol. The molecule has 0 atom stereocenters. The van der Waals surface area contributed by atoms with Crippen LogP contribution in [0, 0.1) is 5.82 Å². The van der Waals surface area contributed by atoms with Crippen molar-refractivity contribution in [3.8, 4) is 0 Å². The highest BCUT2D eigenvalue weighted by Crippen LogP contribution is 2.19. The molecule has 4 nitrogen and oxygen atoms in total. The Morgan fingerprint density at radius 2 is 1.81 bits per heavy atom. The number of carbonyl (C=O) groups excluding carboxylic acids is 1. The van der Waals surface area contributed by atoms with Crippen LogP contribution < -0.4 is 10.6 Å². The van der Waals surface area contributed by atoms with Gasteiger partial charge in [0.05, 0.1) is 17.4 Å². The van der Waals surface area contributed by atoms with E-state index < -0.39 is 0 Å². The first-order chi connectivity index (χ1) is 12.6. The molecule has 0 radical (unpaired) electrons.